The first-order chi connectivity index (χ1) is 15.6. The number of allylic oxidation sites excluding steroid dienone is 1. The first-order valence-electron chi connectivity index (χ1n) is 10.3. The van der Waals surface area contributed by atoms with Crippen molar-refractivity contribution in [1.82, 2.24) is 9.78 Å². The molecule has 10 heteroatoms. The van der Waals surface area contributed by atoms with Crippen molar-refractivity contribution in [2.75, 3.05) is 11.4 Å². The molecule has 2 aliphatic heterocycles. The molecule has 0 bridgehead atoms. The molecule has 0 aliphatic carbocycles. The summed E-state index contributed by atoms with van der Waals surface area (Å²) in [5.41, 5.74) is 6.22. The molecule has 2 unspecified atom stereocenters. The Kier molecular flexibility index (Phi) is 5.86. The lowest BCUT2D eigenvalue weighted by molar-refractivity contribution is -0.138. The number of benzene rings is 1. The van der Waals surface area contributed by atoms with Crippen molar-refractivity contribution in [3.63, 3.8) is 0 Å². The van der Waals surface area contributed by atoms with Crippen molar-refractivity contribution in [3.8, 4) is 11.8 Å². The highest BCUT2D eigenvalue weighted by atomic mass is 19.4. The number of fused-ring (bicyclic) bond motifs is 1. The van der Waals surface area contributed by atoms with Crippen LogP contribution in [0.15, 0.2) is 41.0 Å². The average molecular weight is 457 g/mol. The third-order valence-electron chi connectivity index (χ3n) is 5.69. The van der Waals surface area contributed by atoms with E-state index in [1.807, 2.05) is 19.9 Å². The maximum absolute atomic E-state index is 13.3. The summed E-state index contributed by atoms with van der Waals surface area (Å²) in [6.45, 7) is 3.19. The van der Waals surface area contributed by atoms with E-state index in [0.717, 1.165) is 6.07 Å². The van der Waals surface area contributed by atoms with Crippen LogP contribution in [0.25, 0.3) is 0 Å². The van der Waals surface area contributed by atoms with Crippen molar-refractivity contribution >= 4 is 17.8 Å². The fraction of sp³-hybridized carbons (Fsp3) is 0.348. The standard InChI is InChI=1S/C23H22F3N5O2/c1-13-7-15(9-28-21(13)27)3-4-16-10-29-31-14(2)11-30(22(33)20(16)31)18-5-6-19(23(24,25)26)17(8-18)12-32/h5-10,13-14,21,32H,11-12,27H2,1-2H3/t13?,14-,21?/m0/s1. The minimum Gasteiger partial charge on any atom is -0.392 e. The third kappa shape index (κ3) is 4.29. The molecule has 0 radical (unpaired) electrons. The van der Waals surface area contributed by atoms with Crippen LogP contribution in [0.2, 0.25) is 0 Å². The summed E-state index contributed by atoms with van der Waals surface area (Å²) in [6, 6.07) is 3.07. The number of nitrogens with two attached hydrogens (primary N) is 1. The van der Waals surface area contributed by atoms with Crippen LogP contribution in [0.1, 0.15) is 47.1 Å². The van der Waals surface area contributed by atoms with E-state index in [2.05, 4.69) is 21.9 Å². The van der Waals surface area contributed by atoms with Crippen LogP contribution < -0.4 is 10.6 Å². The number of aliphatic imine (C=N–C) groups is 1. The Balaban J connectivity index is 1.69. The number of aliphatic hydroxyl groups is 1. The second-order valence-corrected chi connectivity index (χ2v) is 8.11. The number of carbonyl (C=O) groups is 1. The highest BCUT2D eigenvalue weighted by Gasteiger charge is 2.36. The monoisotopic (exact) mass is 457 g/mol. The minimum atomic E-state index is -4.60. The Morgan fingerprint density at radius 2 is 2.03 bits per heavy atom. The van der Waals surface area contributed by atoms with Gasteiger partial charge in [0.1, 0.15) is 11.9 Å². The molecule has 0 fully saturated rings. The van der Waals surface area contributed by atoms with Crippen LogP contribution in [0.5, 0.6) is 0 Å². The van der Waals surface area contributed by atoms with E-state index in [0.29, 0.717) is 11.1 Å². The predicted octanol–water partition coefficient (Wildman–Crippen LogP) is 2.90. The molecule has 172 valence electrons. The van der Waals surface area contributed by atoms with Crippen LogP contribution >= 0.6 is 0 Å². The van der Waals surface area contributed by atoms with Gasteiger partial charge in [0.15, 0.2) is 0 Å². The smallest absolute Gasteiger partial charge is 0.392 e. The zero-order valence-corrected chi connectivity index (χ0v) is 18.0. The normalized spacial score (nSPS) is 22.5. The summed E-state index contributed by atoms with van der Waals surface area (Å²) in [7, 11) is 0. The number of carbonyl (C=O) groups excluding carboxylic acids is 1. The van der Waals surface area contributed by atoms with E-state index in [1.54, 1.807) is 10.9 Å². The summed E-state index contributed by atoms with van der Waals surface area (Å²) in [5, 5.41) is 13.8. The third-order valence-corrected chi connectivity index (χ3v) is 5.69. The van der Waals surface area contributed by atoms with E-state index in [1.165, 1.54) is 23.2 Å². The number of anilines is 1. The quantitative estimate of drug-likeness (QED) is 0.678. The molecule has 3 N–H and O–H groups in total. The number of nitrogens with zero attached hydrogens (tertiary/aromatic N) is 4. The number of hydrogen-bond acceptors (Lipinski definition) is 5. The van der Waals surface area contributed by atoms with Gasteiger partial charge in [-0.15, -0.1) is 0 Å². The molecule has 3 heterocycles. The summed E-state index contributed by atoms with van der Waals surface area (Å²) in [6.07, 6.45) is 0.0688. The zero-order valence-electron chi connectivity index (χ0n) is 18.0. The highest BCUT2D eigenvalue weighted by Crippen LogP contribution is 2.35. The number of rotatable bonds is 2. The van der Waals surface area contributed by atoms with Gasteiger partial charge in [0.25, 0.3) is 5.91 Å². The highest BCUT2D eigenvalue weighted by molar-refractivity contribution is 6.07. The molecule has 1 amide bonds. The predicted molar refractivity (Wildman–Crippen MR) is 117 cm³/mol. The van der Waals surface area contributed by atoms with E-state index in [9.17, 15) is 23.1 Å². The maximum atomic E-state index is 13.3. The molecule has 0 spiro atoms. The summed E-state index contributed by atoms with van der Waals surface area (Å²) >= 11 is 0. The first kappa shape index (κ1) is 22.8. The van der Waals surface area contributed by atoms with Crippen LogP contribution in [-0.2, 0) is 12.8 Å². The Morgan fingerprint density at radius 3 is 2.70 bits per heavy atom. The van der Waals surface area contributed by atoms with Gasteiger partial charge in [0.2, 0.25) is 0 Å². The number of amides is 1. The fourth-order valence-electron chi connectivity index (χ4n) is 3.87. The van der Waals surface area contributed by atoms with Gasteiger partial charge in [-0.3, -0.25) is 14.5 Å². The lowest BCUT2D eigenvalue weighted by Gasteiger charge is -2.32. The number of hydrogen-bond donors (Lipinski definition) is 2. The van der Waals surface area contributed by atoms with Crippen molar-refractivity contribution in [1.29, 1.82) is 0 Å². The molecule has 1 aromatic heterocycles. The first-order valence-corrected chi connectivity index (χ1v) is 10.3. The Hall–Kier alpha value is -3.42. The minimum absolute atomic E-state index is 0.0258. The molecule has 7 nitrogen and oxygen atoms in total. The number of dihydropyridines is 1. The molecule has 2 aliphatic rings. The van der Waals surface area contributed by atoms with Gasteiger partial charge < -0.3 is 15.7 Å². The van der Waals surface area contributed by atoms with E-state index in [4.69, 9.17) is 5.73 Å². The summed E-state index contributed by atoms with van der Waals surface area (Å²) in [4.78, 5) is 18.9. The van der Waals surface area contributed by atoms with E-state index >= 15 is 0 Å². The van der Waals surface area contributed by atoms with Gasteiger partial charge in [-0.1, -0.05) is 24.8 Å². The summed E-state index contributed by atoms with van der Waals surface area (Å²) < 4.78 is 41.2. The molecule has 2 aromatic rings. The average Bonchev–Trinajstić information content (AvgIpc) is 3.21. The van der Waals surface area contributed by atoms with Crippen LogP contribution in [0.4, 0.5) is 18.9 Å². The van der Waals surface area contributed by atoms with Gasteiger partial charge in [-0.05, 0) is 30.7 Å². The lowest BCUT2D eigenvalue weighted by Crippen LogP contribution is -2.43. The second kappa shape index (κ2) is 8.50. The molecule has 4 rings (SSSR count). The van der Waals surface area contributed by atoms with Crippen molar-refractivity contribution < 1.29 is 23.1 Å². The Bertz CT molecular complexity index is 1220. The van der Waals surface area contributed by atoms with Crippen LogP contribution in [0.3, 0.4) is 0 Å². The van der Waals surface area contributed by atoms with E-state index < -0.39 is 24.3 Å². The van der Waals surface area contributed by atoms with Gasteiger partial charge in [0, 0.05) is 29.9 Å². The molecular formula is C23H22F3N5O2. The lowest BCUT2D eigenvalue weighted by atomic mass is 10.0. The van der Waals surface area contributed by atoms with E-state index in [-0.39, 0.29) is 41.6 Å². The number of aliphatic hydroxyl groups excluding tert-OH is 1. The second-order valence-electron chi connectivity index (χ2n) is 8.11. The topological polar surface area (TPSA) is 96.7 Å². The van der Waals surface area contributed by atoms with Gasteiger partial charge in [0.05, 0.1) is 30.0 Å². The zero-order chi connectivity index (χ0) is 23.9. The van der Waals surface area contributed by atoms with Crippen LogP contribution in [-0.4, -0.2) is 39.7 Å². The molecule has 1 aromatic carbocycles. The fourth-order valence-corrected chi connectivity index (χ4v) is 3.87. The van der Waals surface area contributed by atoms with Crippen molar-refractivity contribution in [2.24, 2.45) is 16.6 Å². The molecule has 0 saturated carbocycles. The van der Waals surface area contributed by atoms with Crippen molar-refractivity contribution in [3.05, 3.63) is 58.4 Å². The SMILES string of the molecule is CC1C=C(C#Cc2cnn3c2C(=O)N(c2ccc(C(F)(F)F)c(CO)c2)C[C@@H]3C)C=NC1N. The summed E-state index contributed by atoms with van der Waals surface area (Å²) in [5.74, 6) is 5.54. The molecule has 33 heavy (non-hydrogen) atoms. The van der Waals surface area contributed by atoms with Gasteiger partial charge in [-0.25, -0.2) is 0 Å². The Morgan fingerprint density at radius 1 is 1.27 bits per heavy atom. The largest absolute Gasteiger partial charge is 0.416 e. The molecule has 3 atom stereocenters. The van der Waals surface area contributed by atoms with Crippen LogP contribution in [0, 0.1) is 17.8 Å². The van der Waals surface area contributed by atoms with Gasteiger partial charge >= 0.3 is 6.18 Å². The number of halogens is 3. The maximum Gasteiger partial charge on any atom is 0.416 e. The Labute approximate surface area is 188 Å². The number of alkyl halides is 3. The van der Waals surface area contributed by atoms with Crippen molar-refractivity contribution in [2.45, 2.75) is 38.8 Å². The molecule has 0 saturated heterocycles. The van der Waals surface area contributed by atoms with Gasteiger partial charge in [-0.2, -0.15) is 18.3 Å². The number of aromatic nitrogens is 2. The molecular weight excluding hydrogens is 435 g/mol.